The Morgan fingerprint density at radius 1 is 1.27 bits per heavy atom. The van der Waals surface area contributed by atoms with Gasteiger partial charge in [-0.2, -0.15) is 13.9 Å². The van der Waals surface area contributed by atoms with Gasteiger partial charge in [-0.15, -0.1) is 0 Å². The minimum absolute atomic E-state index is 0.0475. The molecule has 0 aliphatic carbocycles. The standard InChI is InChI=1S/C10H8F2N2O/c11-10(12)14-6-7(5-13-14)8-3-1-2-4-9(8)15/h1-6,10,15H. The summed E-state index contributed by atoms with van der Waals surface area (Å²) in [7, 11) is 0. The van der Waals surface area contributed by atoms with Gasteiger partial charge < -0.3 is 5.11 Å². The normalized spacial score (nSPS) is 10.9. The van der Waals surface area contributed by atoms with Crippen LogP contribution in [0.4, 0.5) is 8.78 Å². The van der Waals surface area contributed by atoms with E-state index in [2.05, 4.69) is 5.10 Å². The molecule has 1 N–H and O–H groups in total. The van der Waals surface area contributed by atoms with Crippen molar-refractivity contribution in [2.45, 2.75) is 6.55 Å². The number of hydrogen-bond acceptors (Lipinski definition) is 2. The number of hydrogen-bond donors (Lipinski definition) is 1. The smallest absolute Gasteiger partial charge is 0.333 e. The van der Waals surface area contributed by atoms with Crippen LogP contribution in [0.3, 0.4) is 0 Å². The molecule has 0 spiro atoms. The molecular weight excluding hydrogens is 202 g/mol. The number of aromatic nitrogens is 2. The molecule has 2 aromatic rings. The third kappa shape index (κ3) is 1.81. The van der Waals surface area contributed by atoms with Crippen molar-refractivity contribution < 1.29 is 13.9 Å². The van der Waals surface area contributed by atoms with E-state index in [0.29, 0.717) is 15.8 Å². The first-order valence-corrected chi connectivity index (χ1v) is 4.29. The summed E-state index contributed by atoms with van der Waals surface area (Å²) in [6.07, 6.45) is 2.49. The lowest BCUT2D eigenvalue weighted by Crippen LogP contribution is -1.96. The van der Waals surface area contributed by atoms with Gasteiger partial charge >= 0.3 is 6.55 Å². The monoisotopic (exact) mass is 210 g/mol. The van der Waals surface area contributed by atoms with Crippen LogP contribution >= 0.6 is 0 Å². The number of alkyl halides is 2. The van der Waals surface area contributed by atoms with Crippen LogP contribution in [0.2, 0.25) is 0 Å². The molecule has 0 aliphatic heterocycles. The average molecular weight is 210 g/mol. The Hall–Kier alpha value is -1.91. The maximum atomic E-state index is 12.2. The summed E-state index contributed by atoms with van der Waals surface area (Å²) in [6, 6.07) is 6.52. The zero-order valence-corrected chi connectivity index (χ0v) is 7.64. The van der Waals surface area contributed by atoms with Crippen LogP contribution in [0.25, 0.3) is 11.1 Å². The average Bonchev–Trinajstić information content (AvgIpc) is 2.67. The highest BCUT2D eigenvalue weighted by Gasteiger charge is 2.10. The second-order valence-electron chi connectivity index (χ2n) is 3.00. The van der Waals surface area contributed by atoms with Crippen molar-refractivity contribution in [1.82, 2.24) is 9.78 Å². The van der Waals surface area contributed by atoms with Crippen LogP contribution in [0.15, 0.2) is 36.7 Å². The summed E-state index contributed by atoms with van der Waals surface area (Å²) < 4.78 is 25.0. The summed E-state index contributed by atoms with van der Waals surface area (Å²) >= 11 is 0. The van der Waals surface area contributed by atoms with Crippen molar-refractivity contribution in [1.29, 1.82) is 0 Å². The van der Waals surface area contributed by atoms with Crippen molar-refractivity contribution in [2.75, 3.05) is 0 Å². The molecule has 0 amide bonds. The Kier molecular flexibility index (Phi) is 2.37. The Bertz CT molecular complexity index is 468. The molecule has 0 atom stereocenters. The number of nitrogens with zero attached hydrogens (tertiary/aromatic N) is 2. The number of para-hydroxylation sites is 1. The maximum absolute atomic E-state index is 12.2. The number of phenolic OH excluding ortho intramolecular Hbond substituents is 1. The molecule has 3 nitrogen and oxygen atoms in total. The molecule has 0 saturated heterocycles. The quantitative estimate of drug-likeness (QED) is 0.827. The molecule has 0 bridgehead atoms. The van der Waals surface area contributed by atoms with Gasteiger partial charge in [0.1, 0.15) is 5.75 Å². The second-order valence-corrected chi connectivity index (χ2v) is 3.00. The number of rotatable bonds is 2. The van der Waals surface area contributed by atoms with Gasteiger partial charge in [-0.3, -0.25) is 0 Å². The van der Waals surface area contributed by atoms with Gasteiger partial charge in [0.2, 0.25) is 0 Å². The third-order valence-corrected chi connectivity index (χ3v) is 2.02. The zero-order chi connectivity index (χ0) is 10.8. The fraction of sp³-hybridized carbons (Fsp3) is 0.100. The third-order valence-electron chi connectivity index (χ3n) is 2.02. The zero-order valence-electron chi connectivity index (χ0n) is 7.64. The molecule has 0 aliphatic rings. The molecule has 1 heterocycles. The SMILES string of the molecule is Oc1ccccc1-c1cnn(C(F)F)c1. The first-order chi connectivity index (χ1) is 7.18. The van der Waals surface area contributed by atoms with Gasteiger partial charge in [-0.1, -0.05) is 18.2 Å². The Morgan fingerprint density at radius 3 is 2.60 bits per heavy atom. The van der Waals surface area contributed by atoms with E-state index in [1.54, 1.807) is 18.2 Å². The maximum Gasteiger partial charge on any atom is 0.333 e. The summed E-state index contributed by atoms with van der Waals surface area (Å²) in [5.74, 6) is 0.0475. The number of aromatic hydroxyl groups is 1. The fourth-order valence-electron chi connectivity index (χ4n) is 1.30. The molecule has 1 aromatic heterocycles. The lowest BCUT2D eigenvalue weighted by molar-refractivity contribution is 0.0566. The first kappa shape index (κ1) is 9.64. The van der Waals surface area contributed by atoms with Crippen molar-refractivity contribution in [3.8, 4) is 16.9 Å². The predicted octanol–water partition coefficient (Wildman–Crippen LogP) is 2.65. The molecule has 1 aromatic carbocycles. The van der Waals surface area contributed by atoms with Gasteiger partial charge in [0, 0.05) is 17.3 Å². The number of phenols is 1. The number of halogens is 2. The molecule has 0 radical (unpaired) electrons. The lowest BCUT2D eigenvalue weighted by Gasteiger charge is -2.00. The van der Waals surface area contributed by atoms with Crippen molar-refractivity contribution >= 4 is 0 Å². The van der Waals surface area contributed by atoms with Crippen LogP contribution in [0.5, 0.6) is 5.75 Å². The summed E-state index contributed by atoms with van der Waals surface area (Å²) in [5, 5.41) is 13.0. The molecule has 0 unspecified atom stereocenters. The second kappa shape index (κ2) is 3.68. The van der Waals surface area contributed by atoms with Crippen molar-refractivity contribution in [2.24, 2.45) is 0 Å². The van der Waals surface area contributed by atoms with Crippen LogP contribution in [0.1, 0.15) is 6.55 Å². The van der Waals surface area contributed by atoms with Gasteiger partial charge in [-0.05, 0) is 6.07 Å². The molecule has 2 rings (SSSR count). The van der Waals surface area contributed by atoms with E-state index in [-0.39, 0.29) is 5.75 Å². The van der Waals surface area contributed by atoms with Gasteiger partial charge in [0.15, 0.2) is 0 Å². The van der Waals surface area contributed by atoms with Crippen LogP contribution < -0.4 is 0 Å². The van der Waals surface area contributed by atoms with E-state index < -0.39 is 6.55 Å². The topological polar surface area (TPSA) is 38.1 Å². The van der Waals surface area contributed by atoms with Crippen LogP contribution in [0, 0.1) is 0 Å². The molecule has 0 saturated carbocycles. The molecule has 0 fully saturated rings. The van der Waals surface area contributed by atoms with Gasteiger partial charge in [0.05, 0.1) is 6.20 Å². The number of benzene rings is 1. The molecule has 78 valence electrons. The molecule has 5 heteroatoms. The highest BCUT2D eigenvalue weighted by molar-refractivity contribution is 5.68. The molecular formula is C10H8F2N2O. The van der Waals surface area contributed by atoms with Gasteiger partial charge in [-0.25, -0.2) is 4.68 Å². The Labute approximate surface area is 84.6 Å². The van der Waals surface area contributed by atoms with E-state index in [1.807, 2.05) is 0 Å². The van der Waals surface area contributed by atoms with Gasteiger partial charge in [0.25, 0.3) is 0 Å². The first-order valence-electron chi connectivity index (χ1n) is 4.29. The minimum Gasteiger partial charge on any atom is -0.507 e. The van der Waals surface area contributed by atoms with Crippen LogP contribution in [-0.2, 0) is 0 Å². The molecule has 15 heavy (non-hydrogen) atoms. The summed E-state index contributed by atoms with van der Waals surface area (Å²) in [4.78, 5) is 0. The van der Waals surface area contributed by atoms with E-state index in [0.717, 1.165) is 0 Å². The summed E-state index contributed by atoms with van der Waals surface area (Å²) in [6.45, 7) is -2.66. The van der Waals surface area contributed by atoms with E-state index >= 15 is 0 Å². The minimum atomic E-state index is -2.66. The summed E-state index contributed by atoms with van der Waals surface area (Å²) in [5.41, 5.74) is 0.956. The van der Waals surface area contributed by atoms with E-state index in [4.69, 9.17) is 0 Å². The Morgan fingerprint density at radius 2 is 2.00 bits per heavy atom. The van der Waals surface area contributed by atoms with Crippen molar-refractivity contribution in [3.63, 3.8) is 0 Å². The highest BCUT2D eigenvalue weighted by Crippen LogP contribution is 2.28. The van der Waals surface area contributed by atoms with E-state index in [9.17, 15) is 13.9 Å². The van der Waals surface area contributed by atoms with E-state index in [1.165, 1.54) is 18.5 Å². The fourth-order valence-corrected chi connectivity index (χ4v) is 1.30. The Balaban J connectivity index is 2.42. The van der Waals surface area contributed by atoms with Crippen molar-refractivity contribution in [3.05, 3.63) is 36.7 Å². The predicted molar refractivity (Wildman–Crippen MR) is 50.6 cm³/mol. The highest BCUT2D eigenvalue weighted by atomic mass is 19.3. The lowest BCUT2D eigenvalue weighted by atomic mass is 10.1. The largest absolute Gasteiger partial charge is 0.507 e. The van der Waals surface area contributed by atoms with Crippen LogP contribution in [-0.4, -0.2) is 14.9 Å².